The smallest absolute Gasteiger partial charge is 0.319 e. The molecule has 3 rings (SSSR count). The Labute approximate surface area is 162 Å². The number of halogens is 1. The summed E-state index contributed by atoms with van der Waals surface area (Å²) in [5, 5.41) is 5.77. The lowest BCUT2D eigenvalue weighted by Crippen LogP contribution is -2.47. The van der Waals surface area contributed by atoms with E-state index in [1.807, 2.05) is 31.2 Å². The zero-order valence-corrected chi connectivity index (χ0v) is 16.5. The van der Waals surface area contributed by atoms with Crippen molar-refractivity contribution in [2.75, 3.05) is 31.6 Å². The van der Waals surface area contributed by atoms with E-state index in [0.29, 0.717) is 13.2 Å². The van der Waals surface area contributed by atoms with Gasteiger partial charge in [0.2, 0.25) is 0 Å². The Hall–Kier alpha value is -1.89. The predicted molar refractivity (Wildman–Crippen MR) is 107 cm³/mol. The van der Waals surface area contributed by atoms with E-state index in [1.165, 1.54) is 5.56 Å². The standard InChI is InChI=1S/C20H24BrN3O2/c1-15-7-8-19(18(21)11-15)23-20(25)22-12-17-14-24(9-10-26-17)13-16-5-3-2-4-6-16/h2-8,11,17H,9-10,12-14H2,1H3,(H2,22,23,25). The third-order valence-electron chi connectivity index (χ3n) is 4.33. The Balaban J connectivity index is 1.45. The van der Waals surface area contributed by atoms with Gasteiger partial charge in [0.25, 0.3) is 0 Å². The molecule has 1 fully saturated rings. The number of benzene rings is 2. The first-order chi connectivity index (χ1) is 12.6. The molecule has 0 radical (unpaired) electrons. The van der Waals surface area contributed by atoms with Gasteiger partial charge in [0.15, 0.2) is 0 Å². The zero-order chi connectivity index (χ0) is 18.4. The third-order valence-corrected chi connectivity index (χ3v) is 4.99. The summed E-state index contributed by atoms with van der Waals surface area (Å²) in [6.07, 6.45) is -0.000305. The molecule has 0 aromatic heterocycles. The van der Waals surface area contributed by atoms with Gasteiger partial charge in [-0.25, -0.2) is 4.79 Å². The van der Waals surface area contributed by atoms with Gasteiger partial charge in [-0.15, -0.1) is 0 Å². The highest BCUT2D eigenvalue weighted by molar-refractivity contribution is 9.10. The number of carbonyl (C=O) groups excluding carboxylic acids is 1. The first-order valence-corrected chi connectivity index (χ1v) is 9.58. The van der Waals surface area contributed by atoms with Gasteiger partial charge in [0.1, 0.15) is 0 Å². The fourth-order valence-corrected chi connectivity index (χ4v) is 3.58. The molecule has 1 heterocycles. The van der Waals surface area contributed by atoms with Crippen LogP contribution in [0.25, 0.3) is 0 Å². The highest BCUT2D eigenvalue weighted by atomic mass is 79.9. The fraction of sp³-hybridized carbons (Fsp3) is 0.350. The zero-order valence-electron chi connectivity index (χ0n) is 14.9. The number of carbonyl (C=O) groups is 1. The van der Waals surface area contributed by atoms with Crippen LogP contribution in [0.1, 0.15) is 11.1 Å². The second-order valence-corrected chi connectivity index (χ2v) is 7.39. The van der Waals surface area contributed by atoms with Crippen molar-refractivity contribution in [2.45, 2.75) is 19.6 Å². The van der Waals surface area contributed by atoms with E-state index >= 15 is 0 Å². The topological polar surface area (TPSA) is 53.6 Å². The summed E-state index contributed by atoms with van der Waals surface area (Å²) in [4.78, 5) is 14.5. The maximum absolute atomic E-state index is 12.2. The fourth-order valence-electron chi connectivity index (χ4n) is 2.98. The Kier molecular flexibility index (Phi) is 6.66. The van der Waals surface area contributed by atoms with Gasteiger partial charge in [-0.1, -0.05) is 36.4 Å². The van der Waals surface area contributed by atoms with Gasteiger partial charge in [0, 0.05) is 30.7 Å². The first-order valence-electron chi connectivity index (χ1n) is 8.79. The second-order valence-electron chi connectivity index (χ2n) is 6.53. The number of nitrogens with one attached hydrogen (secondary N) is 2. The minimum atomic E-state index is -0.224. The number of amides is 2. The van der Waals surface area contributed by atoms with Gasteiger partial charge in [-0.2, -0.15) is 0 Å². The van der Waals surface area contributed by atoms with Crippen LogP contribution in [0.3, 0.4) is 0 Å². The lowest BCUT2D eigenvalue weighted by molar-refractivity contribution is -0.0285. The summed E-state index contributed by atoms with van der Waals surface area (Å²) < 4.78 is 6.66. The molecule has 1 saturated heterocycles. The lowest BCUT2D eigenvalue weighted by Gasteiger charge is -2.33. The Morgan fingerprint density at radius 1 is 1.27 bits per heavy atom. The quantitative estimate of drug-likeness (QED) is 0.777. The van der Waals surface area contributed by atoms with E-state index < -0.39 is 0 Å². The van der Waals surface area contributed by atoms with Crippen LogP contribution in [0.4, 0.5) is 10.5 Å². The number of rotatable bonds is 5. The molecule has 0 spiro atoms. The Morgan fingerprint density at radius 3 is 2.85 bits per heavy atom. The van der Waals surface area contributed by atoms with E-state index in [-0.39, 0.29) is 12.1 Å². The van der Waals surface area contributed by atoms with Crippen molar-refractivity contribution in [3.8, 4) is 0 Å². The number of hydrogen-bond acceptors (Lipinski definition) is 3. The van der Waals surface area contributed by atoms with E-state index in [0.717, 1.165) is 35.4 Å². The maximum Gasteiger partial charge on any atom is 0.319 e. The van der Waals surface area contributed by atoms with E-state index in [1.54, 1.807) is 0 Å². The molecule has 2 aromatic carbocycles. The molecule has 5 nitrogen and oxygen atoms in total. The molecule has 2 N–H and O–H groups in total. The first kappa shape index (κ1) is 18.9. The summed E-state index contributed by atoms with van der Waals surface area (Å²) in [6.45, 7) is 5.81. The van der Waals surface area contributed by atoms with Crippen LogP contribution in [0.2, 0.25) is 0 Å². The molecule has 2 aromatic rings. The molecule has 1 atom stereocenters. The van der Waals surface area contributed by atoms with Crippen molar-refractivity contribution in [3.63, 3.8) is 0 Å². The molecule has 1 unspecified atom stereocenters. The highest BCUT2D eigenvalue weighted by Crippen LogP contribution is 2.23. The minimum Gasteiger partial charge on any atom is -0.374 e. The Bertz CT molecular complexity index is 739. The lowest BCUT2D eigenvalue weighted by atomic mass is 10.2. The van der Waals surface area contributed by atoms with Crippen molar-refractivity contribution in [1.82, 2.24) is 10.2 Å². The molecule has 26 heavy (non-hydrogen) atoms. The number of ether oxygens (including phenoxy) is 1. The molecule has 0 aliphatic carbocycles. The number of aryl methyl sites for hydroxylation is 1. The number of urea groups is 1. The average molecular weight is 418 g/mol. The van der Waals surface area contributed by atoms with Crippen LogP contribution in [0, 0.1) is 6.92 Å². The summed E-state index contributed by atoms with van der Waals surface area (Å²) in [5.74, 6) is 0. The van der Waals surface area contributed by atoms with Crippen LogP contribution in [0.5, 0.6) is 0 Å². The maximum atomic E-state index is 12.2. The van der Waals surface area contributed by atoms with Gasteiger partial charge in [0.05, 0.1) is 18.4 Å². The number of hydrogen-bond donors (Lipinski definition) is 2. The molecule has 1 aliphatic rings. The average Bonchev–Trinajstić information content (AvgIpc) is 2.64. The second kappa shape index (κ2) is 9.16. The van der Waals surface area contributed by atoms with Crippen LogP contribution in [0.15, 0.2) is 53.0 Å². The Morgan fingerprint density at radius 2 is 2.08 bits per heavy atom. The summed E-state index contributed by atoms with van der Waals surface area (Å²) in [7, 11) is 0. The van der Waals surface area contributed by atoms with E-state index in [4.69, 9.17) is 4.74 Å². The van der Waals surface area contributed by atoms with Crippen molar-refractivity contribution in [2.24, 2.45) is 0 Å². The number of nitrogens with zero attached hydrogens (tertiary/aromatic N) is 1. The normalized spacial score (nSPS) is 17.7. The van der Waals surface area contributed by atoms with E-state index in [9.17, 15) is 4.79 Å². The largest absolute Gasteiger partial charge is 0.374 e. The van der Waals surface area contributed by atoms with Crippen molar-refractivity contribution in [3.05, 3.63) is 64.1 Å². The molecular formula is C20H24BrN3O2. The van der Waals surface area contributed by atoms with Crippen LogP contribution in [-0.4, -0.2) is 43.3 Å². The van der Waals surface area contributed by atoms with Gasteiger partial charge in [-0.3, -0.25) is 4.90 Å². The molecule has 2 amide bonds. The summed E-state index contributed by atoms with van der Waals surface area (Å²) in [5.41, 5.74) is 3.18. The highest BCUT2D eigenvalue weighted by Gasteiger charge is 2.21. The van der Waals surface area contributed by atoms with Gasteiger partial charge < -0.3 is 15.4 Å². The van der Waals surface area contributed by atoms with Gasteiger partial charge in [-0.05, 0) is 46.1 Å². The molecule has 6 heteroatoms. The minimum absolute atomic E-state index is 0.000305. The molecular weight excluding hydrogens is 394 g/mol. The molecule has 0 bridgehead atoms. The molecule has 0 saturated carbocycles. The summed E-state index contributed by atoms with van der Waals surface area (Å²) in [6, 6.07) is 16.0. The molecule has 138 valence electrons. The van der Waals surface area contributed by atoms with Crippen LogP contribution >= 0.6 is 15.9 Å². The number of morpholine rings is 1. The van der Waals surface area contributed by atoms with E-state index in [2.05, 4.69) is 55.7 Å². The number of anilines is 1. The summed E-state index contributed by atoms with van der Waals surface area (Å²) >= 11 is 3.47. The van der Waals surface area contributed by atoms with Crippen LogP contribution in [-0.2, 0) is 11.3 Å². The van der Waals surface area contributed by atoms with Crippen molar-refractivity contribution in [1.29, 1.82) is 0 Å². The van der Waals surface area contributed by atoms with Gasteiger partial charge >= 0.3 is 6.03 Å². The van der Waals surface area contributed by atoms with Crippen molar-refractivity contribution >= 4 is 27.6 Å². The third kappa shape index (κ3) is 5.56. The predicted octanol–water partition coefficient (Wildman–Crippen LogP) is 3.78. The van der Waals surface area contributed by atoms with Crippen molar-refractivity contribution < 1.29 is 9.53 Å². The monoisotopic (exact) mass is 417 g/mol. The van der Waals surface area contributed by atoms with Crippen LogP contribution < -0.4 is 10.6 Å². The molecule has 1 aliphatic heterocycles. The SMILES string of the molecule is Cc1ccc(NC(=O)NCC2CN(Cc3ccccc3)CCO2)c(Br)c1.